The second-order valence-corrected chi connectivity index (χ2v) is 6.10. The largest absolute Gasteiger partial charge is 0.462 e. The highest BCUT2D eigenvalue weighted by Gasteiger charge is 2.25. The van der Waals surface area contributed by atoms with Gasteiger partial charge in [0, 0.05) is 21.9 Å². The highest BCUT2D eigenvalue weighted by atomic mass is 16.5. The van der Waals surface area contributed by atoms with Crippen LogP contribution in [-0.2, 0) is 4.74 Å². The van der Waals surface area contributed by atoms with Gasteiger partial charge in [0.05, 0.1) is 6.61 Å². The number of rotatable bonds is 3. The Kier molecular flexibility index (Phi) is 3.84. The molecule has 0 saturated heterocycles. The fraction of sp³-hybridized carbons (Fsp3) is 0.143. The number of aromatic nitrogens is 1. The Morgan fingerprint density at radius 1 is 1.12 bits per heavy atom. The van der Waals surface area contributed by atoms with Crippen LogP contribution in [0.1, 0.15) is 22.8 Å². The topological polar surface area (TPSA) is 72.3 Å². The lowest BCUT2D eigenvalue weighted by Gasteiger charge is -2.09. The fourth-order valence-corrected chi connectivity index (χ4v) is 3.17. The third-order valence-electron chi connectivity index (χ3n) is 4.38. The number of fused-ring (bicyclic) bond motifs is 3. The number of aryl methyl sites for hydroxylation is 1. The Bertz CT molecular complexity index is 1180. The summed E-state index contributed by atoms with van der Waals surface area (Å²) in [5.74, 6) is -0.285. The van der Waals surface area contributed by atoms with E-state index in [9.17, 15) is 9.59 Å². The van der Waals surface area contributed by atoms with Crippen LogP contribution in [0.4, 0.5) is 0 Å². The Labute approximate surface area is 149 Å². The number of nitrogens with one attached hydrogen (secondary N) is 1. The minimum Gasteiger partial charge on any atom is -0.462 e. The standard InChI is InChI=1S/C21H17NO4/c1-3-25-20(23)17-16-14-6-4-5-7-15(14)22-18(16)21(24)26-19(17)13-10-8-12(2)9-11-13/h4-11,22H,3H2,1-2H3. The van der Waals surface area contributed by atoms with Crippen molar-refractivity contribution in [3.63, 3.8) is 0 Å². The number of hydrogen-bond donors (Lipinski definition) is 1. The van der Waals surface area contributed by atoms with E-state index in [4.69, 9.17) is 9.15 Å². The van der Waals surface area contributed by atoms with E-state index in [1.807, 2.05) is 55.5 Å². The first kappa shape index (κ1) is 16.1. The van der Waals surface area contributed by atoms with E-state index < -0.39 is 11.6 Å². The first-order valence-electron chi connectivity index (χ1n) is 8.42. The molecule has 130 valence electrons. The molecule has 4 aromatic rings. The highest BCUT2D eigenvalue weighted by Crippen LogP contribution is 2.33. The molecule has 0 unspecified atom stereocenters. The molecule has 5 heteroatoms. The van der Waals surface area contributed by atoms with Gasteiger partial charge in [-0.25, -0.2) is 9.59 Å². The molecule has 0 radical (unpaired) electrons. The number of carbonyl (C=O) groups is 1. The van der Waals surface area contributed by atoms with Crippen LogP contribution >= 0.6 is 0 Å². The van der Waals surface area contributed by atoms with Crippen LogP contribution in [0.5, 0.6) is 0 Å². The molecular weight excluding hydrogens is 330 g/mol. The van der Waals surface area contributed by atoms with Crippen molar-refractivity contribution in [1.82, 2.24) is 4.98 Å². The lowest BCUT2D eigenvalue weighted by Crippen LogP contribution is -2.11. The average Bonchev–Trinajstić information content (AvgIpc) is 3.03. The number of ether oxygens (including phenoxy) is 1. The SMILES string of the molecule is CCOC(=O)c1c(-c2ccc(C)cc2)oc(=O)c2[nH]c3ccccc3c12. The molecule has 1 N–H and O–H groups in total. The van der Waals surface area contributed by atoms with Crippen LogP contribution in [0.3, 0.4) is 0 Å². The molecule has 0 atom stereocenters. The van der Waals surface area contributed by atoms with Gasteiger partial charge in [-0.3, -0.25) is 0 Å². The molecule has 4 rings (SSSR count). The van der Waals surface area contributed by atoms with Crippen molar-refractivity contribution in [3.05, 3.63) is 70.1 Å². The summed E-state index contributed by atoms with van der Waals surface area (Å²) in [6.45, 7) is 3.94. The minimum absolute atomic E-state index is 0.228. The van der Waals surface area contributed by atoms with E-state index >= 15 is 0 Å². The van der Waals surface area contributed by atoms with E-state index in [0.29, 0.717) is 10.9 Å². The van der Waals surface area contributed by atoms with E-state index in [-0.39, 0.29) is 23.4 Å². The summed E-state index contributed by atoms with van der Waals surface area (Å²) in [6.07, 6.45) is 0. The summed E-state index contributed by atoms with van der Waals surface area (Å²) >= 11 is 0. The number of esters is 1. The molecular formula is C21H17NO4. The van der Waals surface area contributed by atoms with Crippen LogP contribution in [0.2, 0.25) is 0 Å². The Balaban J connectivity index is 2.15. The maximum atomic E-state index is 12.8. The van der Waals surface area contributed by atoms with E-state index in [0.717, 1.165) is 16.5 Å². The summed E-state index contributed by atoms with van der Waals surface area (Å²) in [4.78, 5) is 28.4. The molecule has 0 aliphatic heterocycles. The zero-order valence-corrected chi connectivity index (χ0v) is 14.5. The lowest BCUT2D eigenvalue weighted by molar-refractivity contribution is 0.0527. The predicted molar refractivity (Wildman–Crippen MR) is 100 cm³/mol. The summed E-state index contributed by atoms with van der Waals surface area (Å²) in [7, 11) is 0. The third-order valence-corrected chi connectivity index (χ3v) is 4.38. The van der Waals surface area contributed by atoms with Gasteiger partial charge in [0.25, 0.3) is 0 Å². The van der Waals surface area contributed by atoms with Crippen LogP contribution in [0.25, 0.3) is 33.1 Å². The quantitative estimate of drug-likeness (QED) is 0.557. The molecule has 0 spiro atoms. The van der Waals surface area contributed by atoms with Crippen molar-refractivity contribution < 1.29 is 13.9 Å². The van der Waals surface area contributed by atoms with Gasteiger partial charge in [0.1, 0.15) is 11.1 Å². The number of carbonyl (C=O) groups excluding carboxylic acids is 1. The Morgan fingerprint density at radius 2 is 1.85 bits per heavy atom. The van der Waals surface area contributed by atoms with Crippen molar-refractivity contribution in [2.24, 2.45) is 0 Å². The number of aromatic amines is 1. The molecule has 0 aliphatic rings. The number of H-pyrrole nitrogens is 1. The Morgan fingerprint density at radius 3 is 2.58 bits per heavy atom. The summed E-state index contributed by atoms with van der Waals surface area (Å²) < 4.78 is 10.8. The second kappa shape index (κ2) is 6.19. The molecule has 26 heavy (non-hydrogen) atoms. The molecule has 0 saturated carbocycles. The van der Waals surface area contributed by atoms with Gasteiger partial charge in [-0.05, 0) is 19.9 Å². The van der Waals surface area contributed by atoms with Gasteiger partial charge in [0.2, 0.25) is 0 Å². The number of benzene rings is 2. The van der Waals surface area contributed by atoms with Crippen LogP contribution in [0, 0.1) is 6.92 Å². The van der Waals surface area contributed by atoms with Gasteiger partial charge in [-0.1, -0.05) is 48.0 Å². The van der Waals surface area contributed by atoms with Crippen LogP contribution in [0.15, 0.2) is 57.7 Å². The van der Waals surface area contributed by atoms with Crippen LogP contribution < -0.4 is 5.63 Å². The maximum Gasteiger partial charge on any atom is 0.360 e. The summed E-state index contributed by atoms with van der Waals surface area (Å²) in [6, 6.07) is 14.9. The fourth-order valence-electron chi connectivity index (χ4n) is 3.17. The smallest absolute Gasteiger partial charge is 0.360 e. The summed E-state index contributed by atoms with van der Waals surface area (Å²) in [5, 5.41) is 1.32. The second-order valence-electron chi connectivity index (χ2n) is 6.10. The molecule has 0 aliphatic carbocycles. The van der Waals surface area contributed by atoms with Gasteiger partial charge >= 0.3 is 11.6 Å². The number of para-hydroxylation sites is 1. The molecule has 5 nitrogen and oxygen atoms in total. The monoisotopic (exact) mass is 347 g/mol. The van der Waals surface area contributed by atoms with E-state index in [1.165, 1.54) is 0 Å². The zero-order chi connectivity index (χ0) is 18.3. The Hall–Kier alpha value is -3.34. The van der Waals surface area contributed by atoms with Crippen molar-refractivity contribution in [2.45, 2.75) is 13.8 Å². The summed E-state index contributed by atoms with van der Waals surface area (Å²) in [5.41, 5.74) is 2.51. The maximum absolute atomic E-state index is 12.8. The third kappa shape index (κ3) is 2.49. The van der Waals surface area contributed by atoms with Gasteiger partial charge in [-0.15, -0.1) is 0 Å². The van der Waals surface area contributed by atoms with E-state index in [2.05, 4.69) is 4.98 Å². The van der Waals surface area contributed by atoms with Crippen LogP contribution in [-0.4, -0.2) is 17.6 Å². The van der Waals surface area contributed by atoms with E-state index in [1.54, 1.807) is 6.92 Å². The average molecular weight is 347 g/mol. The molecule has 2 aromatic carbocycles. The first-order valence-corrected chi connectivity index (χ1v) is 8.42. The zero-order valence-electron chi connectivity index (χ0n) is 14.5. The lowest BCUT2D eigenvalue weighted by atomic mass is 10.0. The normalized spacial score (nSPS) is 11.2. The highest BCUT2D eigenvalue weighted by molar-refractivity contribution is 6.18. The van der Waals surface area contributed by atoms with Gasteiger partial charge in [0.15, 0.2) is 5.76 Å². The molecule has 2 aromatic heterocycles. The van der Waals surface area contributed by atoms with Crippen molar-refractivity contribution in [2.75, 3.05) is 6.61 Å². The van der Waals surface area contributed by atoms with Crippen molar-refractivity contribution in [3.8, 4) is 11.3 Å². The van der Waals surface area contributed by atoms with Crippen molar-refractivity contribution >= 4 is 27.8 Å². The van der Waals surface area contributed by atoms with Crippen molar-refractivity contribution in [1.29, 1.82) is 0 Å². The van der Waals surface area contributed by atoms with Gasteiger partial charge < -0.3 is 14.1 Å². The van der Waals surface area contributed by atoms with Gasteiger partial charge in [-0.2, -0.15) is 0 Å². The molecule has 2 heterocycles. The molecule has 0 fully saturated rings. The number of hydrogen-bond acceptors (Lipinski definition) is 4. The molecule has 0 amide bonds. The first-order chi connectivity index (χ1) is 12.6. The predicted octanol–water partition coefficient (Wildman–Crippen LogP) is 4.43. The minimum atomic E-state index is -0.514. The molecule has 0 bridgehead atoms.